The van der Waals surface area contributed by atoms with Crippen LogP contribution in [0, 0.1) is 5.82 Å². The van der Waals surface area contributed by atoms with Crippen LogP contribution in [0.4, 0.5) is 21.5 Å². The zero-order valence-electron chi connectivity index (χ0n) is 12.6. The van der Waals surface area contributed by atoms with Gasteiger partial charge in [-0.3, -0.25) is 9.59 Å². The fraction of sp³-hybridized carbons (Fsp3) is 0.125. The van der Waals surface area contributed by atoms with Crippen molar-refractivity contribution in [3.63, 3.8) is 0 Å². The second-order valence-corrected chi connectivity index (χ2v) is 5.39. The van der Waals surface area contributed by atoms with Crippen molar-refractivity contribution in [3.05, 3.63) is 53.3 Å². The number of benzene rings is 2. The van der Waals surface area contributed by atoms with Gasteiger partial charge in [-0.25, -0.2) is 4.39 Å². The molecule has 5 nitrogen and oxygen atoms in total. The molecule has 0 heterocycles. The first-order valence-electron chi connectivity index (χ1n) is 6.71. The number of anilines is 3. The molecule has 2 rings (SSSR count). The zero-order valence-corrected chi connectivity index (χ0v) is 13.3. The van der Waals surface area contributed by atoms with Gasteiger partial charge >= 0.3 is 11.8 Å². The van der Waals surface area contributed by atoms with Crippen LogP contribution in [0.5, 0.6) is 0 Å². The maximum atomic E-state index is 13.0. The van der Waals surface area contributed by atoms with Gasteiger partial charge < -0.3 is 15.5 Å². The molecule has 7 heteroatoms. The molecule has 0 saturated heterocycles. The molecule has 0 saturated carbocycles. The minimum absolute atomic E-state index is 0.137. The van der Waals surface area contributed by atoms with E-state index in [0.29, 0.717) is 5.69 Å². The fourth-order valence-corrected chi connectivity index (χ4v) is 1.97. The summed E-state index contributed by atoms with van der Waals surface area (Å²) in [7, 11) is 3.80. The first-order chi connectivity index (χ1) is 10.9. The van der Waals surface area contributed by atoms with Crippen LogP contribution in [0.25, 0.3) is 0 Å². The third-order valence-corrected chi connectivity index (χ3v) is 3.31. The van der Waals surface area contributed by atoms with E-state index in [1.807, 2.05) is 31.1 Å². The van der Waals surface area contributed by atoms with E-state index in [0.717, 1.165) is 11.8 Å². The van der Waals surface area contributed by atoms with Crippen LogP contribution in [0.15, 0.2) is 42.5 Å². The quantitative estimate of drug-likeness (QED) is 0.847. The van der Waals surface area contributed by atoms with Gasteiger partial charge in [0.15, 0.2) is 0 Å². The summed E-state index contributed by atoms with van der Waals surface area (Å²) in [5.41, 5.74) is 1.70. The van der Waals surface area contributed by atoms with Gasteiger partial charge in [0.1, 0.15) is 5.82 Å². The molecule has 2 N–H and O–H groups in total. The van der Waals surface area contributed by atoms with E-state index >= 15 is 0 Å². The zero-order chi connectivity index (χ0) is 17.0. The average molecular weight is 336 g/mol. The molecule has 0 fully saturated rings. The van der Waals surface area contributed by atoms with Crippen LogP contribution < -0.4 is 15.5 Å². The highest BCUT2D eigenvalue weighted by molar-refractivity contribution is 6.43. The Hall–Kier alpha value is -2.60. The van der Waals surface area contributed by atoms with Crippen LogP contribution in [0.1, 0.15) is 0 Å². The van der Waals surface area contributed by atoms with Crippen molar-refractivity contribution in [1.82, 2.24) is 0 Å². The lowest BCUT2D eigenvalue weighted by atomic mass is 10.2. The Labute approximate surface area is 138 Å². The molecule has 2 aromatic rings. The number of halogens is 2. The van der Waals surface area contributed by atoms with Crippen molar-refractivity contribution in [1.29, 1.82) is 0 Å². The number of rotatable bonds is 3. The van der Waals surface area contributed by atoms with E-state index in [-0.39, 0.29) is 10.7 Å². The normalized spacial score (nSPS) is 10.1. The Kier molecular flexibility index (Phi) is 5.18. The molecule has 0 aliphatic rings. The van der Waals surface area contributed by atoms with Crippen molar-refractivity contribution in [2.24, 2.45) is 0 Å². The summed E-state index contributed by atoms with van der Waals surface area (Å²) in [5, 5.41) is 4.69. The van der Waals surface area contributed by atoms with Gasteiger partial charge in [0.25, 0.3) is 0 Å². The van der Waals surface area contributed by atoms with Crippen LogP contribution in [0.3, 0.4) is 0 Å². The predicted octanol–water partition coefficient (Wildman–Crippen LogP) is 3.12. The fourth-order valence-electron chi connectivity index (χ4n) is 1.79. The number of nitrogens with zero attached hydrogens (tertiary/aromatic N) is 1. The molecule has 0 radical (unpaired) electrons. The minimum Gasteiger partial charge on any atom is -0.378 e. The standard InChI is InChI=1S/C16H15ClFN3O2/c1-21(2)12-6-3-10(4-7-12)19-15(22)16(23)20-11-5-8-14(18)13(17)9-11/h3-9H,1-2H3,(H,19,22)(H,20,23). The molecule has 23 heavy (non-hydrogen) atoms. The van der Waals surface area contributed by atoms with Gasteiger partial charge in [-0.15, -0.1) is 0 Å². The van der Waals surface area contributed by atoms with E-state index in [2.05, 4.69) is 10.6 Å². The minimum atomic E-state index is -0.871. The lowest BCUT2D eigenvalue weighted by Gasteiger charge is -2.13. The molecule has 0 unspecified atom stereocenters. The third kappa shape index (κ3) is 4.43. The van der Waals surface area contributed by atoms with Crippen molar-refractivity contribution in [3.8, 4) is 0 Å². The van der Waals surface area contributed by atoms with E-state index in [9.17, 15) is 14.0 Å². The number of hydrogen-bond donors (Lipinski definition) is 2. The summed E-state index contributed by atoms with van der Waals surface area (Å²) < 4.78 is 13.0. The Bertz CT molecular complexity index is 733. The second-order valence-electron chi connectivity index (χ2n) is 4.98. The molecule has 0 spiro atoms. The van der Waals surface area contributed by atoms with E-state index < -0.39 is 17.6 Å². The van der Waals surface area contributed by atoms with Crippen LogP contribution in [-0.2, 0) is 9.59 Å². The highest BCUT2D eigenvalue weighted by atomic mass is 35.5. The Morgan fingerprint density at radius 2 is 1.48 bits per heavy atom. The average Bonchev–Trinajstić information content (AvgIpc) is 2.51. The van der Waals surface area contributed by atoms with Gasteiger partial charge in [-0.2, -0.15) is 0 Å². The number of carbonyl (C=O) groups is 2. The third-order valence-electron chi connectivity index (χ3n) is 3.03. The Morgan fingerprint density at radius 1 is 0.957 bits per heavy atom. The van der Waals surface area contributed by atoms with Crippen molar-refractivity contribution in [2.45, 2.75) is 0 Å². The highest BCUT2D eigenvalue weighted by Crippen LogP contribution is 2.19. The molecule has 120 valence electrons. The summed E-state index contributed by atoms with van der Waals surface area (Å²) in [4.78, 5) is 25.6. The maximum absolute atomic E-state index is 13.0. The topological polar surface area (TPSA) is 61.4 Å². The summed E-state index contributed by atoms with van der Waals surface area (Å²) in [6.07, 6.45) is 0. The smallest absolute Gasteiger partial charge is 0.314 e. The molecule has 2 aromatic carbocycles. The molecule has 0 aliphatic heterocycles. The first kappa shape index (κ1) is 16.8. The molecule has 2 amide bonds. The molecular formula is C16H15ClFN3O2. The van der Waals surface area contributed by atoms with Gasteiger partial charge in [-0.05, 0) is 42.5 Å². The number of hydrogen-bond acceptors (Lipinski definition) is 3. The summed E-state index contributed by atoms with van der Waals surface area (Å²) in [5.74, 6) is -2.30. The highest BCUT2D eigenvalue weighted by Gasteiger charge is 2.14. The van der Waals surface area contributed by atoms with Crippen LogP contribution >= 0.6 is 11.6 Å². The summed E-state index contributed by atoms with van der Waals surface area (Å²) in [6.45, 7) is 0. The Balaban J connectivity index is 1.99. The predicted molar refractivity (Wildman–Crippen MR) is 89.4 cm³/mol. The van der Waals surface area contributed by atoms with Gasteiger partial charge in [0.05, 0.1) is 5.02 Å². The SMILES string of the molecule is CN(C)c1ccc(NC(=O)C(=O)Nc2ccc(F)c(Cl)c2)cc1. The molecular weight excluding hydrogens is 321 g/mol. The second kappa shape index (κ2) is 7.11. The van der Waals surface area contributed by atoms with Crippen LogP contribution in [-0.4, -0.2) is 25.9 Å². The summed E-state index contributed by atoms with van der Waals surface area (Å²) in [6, 6.07) is 10.7. The van der Waals surface area contributed by atoms with Crippen molar-refractivity contribution in [2.75, 3.05) is 29.6 Å². The number of nitrogens with one attached hydrogen (secondary N) is 2. The Morgan fingerprint density at radius 3 is 2.00 bits per heavy atom. The van der Waals surface area contributed by atoms with Crippen molar-refractivity contribution >= 4 is 40.5 Å². The largest absolute Gasteiger partial charge is 0.378 e. The molecule has 0 aromatic heterocycles. The lowest BCUT2D eigenvalue weighted by molar-refractivity contribution is -0.132. The lowest BCUT2D eigenvalue weighted by Crippen LogP contribution is -2.29. The molecule has 0 bridgehead atoms. The summed E-state index contributed by atoms with van der Waals surface area (Å²) >= 11 is 5.62. The first-order valence-corrected chi connectivity index (χ1v) is 7.09. The maximum Gasteiger partial charge on any atom is 0.314 e. The monoisotopic (exact) mass is 335 g/mol. The molecule has 0 atom stereocenters. The van der Waals surface area contributed by atoms with E-state index in [1.54, 1.807) is 12.1 Å². The van der Waals surface area contributed by atoms with Crippen molar-refractivity contribution < 1.29 is 14.0 Å². The van der Waals surface area contributed by atoms with E-state index in [1.165, 1.54) is 12.1 Å². The van der Waals surface area contributed by atoms with Crippen LogP contribution in [0.2, 0.25) is 5.02 Å². The number of amides is 2. The van der Waals surface area contributed by atoms with Gasteiger partial charge in [-0.1, -0.05) is 11.6 Å². The van der Waals surface area contributed by atoms with Gasteiger partial charge in [0, 0.05) is 31.2 Å². The van der Waals surface area contributed by atoms with E-state index in [4.69, 9.17) is 11.6 Å². The number of carbonyl (C=O) groups excluding carboxylic acids is 2. The van der Waals surface area contributed by atoms with Gasteiger partial charge in [0.2, 0.25) is 0 Å². The molecule has 0 aliphatic carbocycles.